The van der Waals surface area contributed by atoms with Crippen LogP contribution in [0.1, 0.15) is 40.0 Å². The molecule has 0 fully saturated rings. The Labute approximate surface area is 93.1 Å². The smallest absolute Gasteiger partial charge is 0.139 e. The first-order valence-electron chi connectivity index (χ1n) is 5.82. The van der Waals surface area contributed by atoms with Crippen LogP contribution in [-0.2, 0) is 0 Å². The Balaban J connectivity index is 3.70. The highest BCUT2D eigenvalue weighted by Gasteiger charge is 2.06. The Morgan fingerprint density at radius 1 is 1.47 bits per heavy atom. The van der Waals surface area contributed by atoms with E-state index in [4.69, 9.17) is 10.9 Å². The van der Waals surface area contributed by atoms with Crippen LogP contribution in [0, 0.1) is 5.92 Å². The summed E-state index contributed by atoms with van der Waals surface area (Å²) in [6.07, 6.45) is 2.85. The van der Waals surface area contributed by atoms with Crippen molar-refractivity contribution in [3.05, 3.63) is 0 Å². The van der Waals surface area contributed by atoms with Crippen molar-refractivity contribution in [2.24, 2.45) is 16.8 Å². The van der Waals surface area contributed by atoms with E-state index in [-0.39, 0.29) is 0 Å². The van der Waals surface area contributed by atoms with Crippen LogP contribution in [0.15, 0.2) is 5.16 Å². The van der Waals surface area contributed by atoms with Crippen molar-refractivity contribution in [2.75, 3.05) is 19.6 Å². The summed E-state index contributed by atoms with van der Waals surface area (Å²) in [6, 6.07) is 0. The molecule has 0 aromatic carbocycles. The predicted octanol–water partition coefficient (Wildman–Crippen LogP) is 1.88. The first kappa shape index (κ1) is 14.2. The molecule has 0 bridgehead atoms. The van der Waals surface area contributed by atoms with E-state index in [0.717, 1.165) is 32.0 Å². The minimum absolute atomic E-state index is 0.328. The highest BCUT2D eigenvalue weighted by Crippen LogP contribution is 2.05. The lowest BCUT2D eigenvalue weighted by Crippen LogP contribution is -2.30. The third-order valence-corrected chi connectivity index (χ3v) is 2.75. The van der Waals surface area contributed by atoms with Gasteiger partial charge < -0.3 is 15.8 Å². The molecule has 3 N–H and O–H groups in total. The molecule has 4 nitrogen and oxygen atoms in total. The van der Waals surface area contributed by atoms with Gasteiger partial charge in [-0.1, -0.05) is 32.3 Å². The van der Waals surface area contributed by atoms with Crippen LogP contribution in [-0.4, -0.2) is 35.6 Å². The molecule has 1 unspecified atom stereocenters. The molecule has 0 saturated carbocycles. The molecule has 90 valence electrons. The maximum atomic E-state index is 8.39. The fourth-order valence-electron chi connectivity index (χ4n) is 1.48. The Kier molecular flexibility index (Phi) is 8.09. The average Bonchev–Trinajstić information content (AvgIpc) is 2.26. The van der Waals surface area contributed by atoms with E-state index in [1.807, 2.05) is 0 Å². The van der Waals surface area contributed by atoms with E-state index in [2.05, 4.69) is 30.8 Å². The van der Waals surface area contributed by atoms with Gasteiger partial charge in [-0.05, 0) is 25.4 Å². The van der Waals surface area contributed by atoms with Crippen molar-refractivity contribution in [2.45, 2.75) is 40.0 Å². The van der Waals surface area contributed by atoms with Gasteiger partial charge in [0.2, 0.25) is 0 Å². The Morgan fingerprint density at radius 2 is 2.13 bits per heavy atom. The van der Waals surface area contributed by atoms with E-state index in [9.17, 15) is 0 Å². The van der Waals surface area contributed by atoms with Crippen LogP contribution in [0.3, 0.4) is 0 Å². The summed E-state index contributed by atoms with van der Waals surface area (Å²) in [5.41, 5.74) is 5.41. The summed E-state index contributed by atoms with van der Waals surface area (Å²) in [5, 5.41) is 11.4. The van der Waals surface area contributed by atoms with Gasteiger partial charge in [0.05, 0.1) is 0 Å². The maximum Gasteiger partial charge on any atom is 0.139 e. The van der Waals surface area contributed by atoms with Gasteiger partial charge in [0.25, 0.3) is 0 Å². The monoisotopic (exact) mass is 215 g/mol. The van der Waals surface area contributed by atoms with Crippen molar-refractivity contribution in [3.63, 3.8) is 0 Å². The van der Waals surface area contributed by atoms with Crippen LogP contribution in [0.5, 0.6) is 0 Å². The normalized spacial score (nSPS) is 14.5. The van der Waals surface area contributed by atoms with Gasteiger partial charge in [-0.3, -0.25) is 0 Å². The lowest BCUT2D eigenvalue weighted by atomic mass is 10.1. The molecule has 0 aliphatic heterocycles. The van der Waals surface area contributed by atoms with Gasteiger partial charge in [0.15, 0.2) is 0 Å². The Bertz CT molecular complexity index is 183. The number of hydrogen-bond acceptors (Lipinski definition) is 3. The summed E-state index contributed by atoms with van der Waals surface area (Å²) in [6.45, 7) is 9.90. The first-order chi connectivity index (χ1) is 7.13. The minimum Gasteiger partial charge on any atom is -0.409 e. The van der Waals surface area contributed by atoms with Crippen molar-refractivity contribution in [3.8, 4) is 0 Å². The van der Waals surface area contributed by atoms with Crippen LogP contribution in [0.2, 0.25) is 0 Å². The van der Waals surface area contributed by atoms with E-state index >= 15 is 0 Å². The van der Waals surface area contributed by atoms with E-state index in [0.29, 0.717) is 12.3 Å². The second-order valence-corrected chi connectivity index (χ2v) is 4.10. The van der Waals surface area contributed by atoms with Crippen LogP contribution >= 0.6 is 0 Å². The molecule has 4 heteroatoms. The summed E-state index contributed by atoms with van der Waals surface area (Å²) < 4.78 is 0. The van der Waals surface area contributed by atoms with Crippen LogP contribution in [0.25, 0.3) is 0 Å². The lowest BCUT2D eigenvalue weighted by molar-refractivity contribution is 0.244. The zero-order valence-corrected chi connectivity index (χ0v) is 10.2. The quantitative estimate of drug-likeness (QED) is 0.281. The van der Waals surface area contributed by atoms with Crippen molar-refractivity contribution >= 4 is 5.84 Å². The van der Waals surface area contributed by atoms with Crippen molar-refractivity contribution < 1.29 is 5.21 Å². The molecule has 0 aliphatic carbocycles. The average molecular weight is 215 g/mol. The summed E-state index contributed by atoms with van der Waals surface area (Å²) in [4.78, 5) is 2.42. The van der Waals surface area contributed by atoms with E-state index < -0.39 is 0 Å². The molecule has 1 atom stereocenters. The number of nitrogens with two attached hydrogens (primary N) is 1. The standard InChI is InChI=1S/C11H25N3O/c1-4-10(3)9-14(5-2)8-6-7-11(12)13-15/h10,15H,4-9H2,1-3H3,(H2,12,13). The van der Waals surface area contributed by atoms with Gasteiger partial charge in [-0.25, -0.2) is 0 Å². The second kappa shape index (κ2) is 8.53. The molecule has 0 aromatic heterocycles. The molecule has 0 aliphatic rings. The SMILES string of the molecule is CCC(C)CN(CC)CCCC(N)=NO. The number of nitrogens with zero attached hydrogens (tertiary/aromatic N) is 2. The summed E-state index contributed by atoms with van der Waals surface area (Å²) >= 11 is 0. The van der Waals surface area contributed by atoms with Gasteiger partial charge in [-0.15, -0.1) is 0 Å². The zero-order chi connectivity index (χ0) is 11.7. The highest BCUT2D eigenvalue weighted by molar-refractivity contribution is 5.79. The number of rotatable bonds is 8. The van der Waals surface area contributed by atoms with Crippen LogP contribution < -0.4 is 5.73 Å². The van der Waals surface area contributed by atoms with Crippen molar-refractivity contribution in [1.82, 2.24) is 4.90 Å². The number of hydrogen-bond donors (Lipinski definition) is 2. The maximum absolute atomic E-state index is 8.39. The zero-order valence-electron chi connectivity index (χ0n) is 10.2. The molecule has 0 rings (SSSR count). The molecule has 0 radical (unpaired) electrons. The van der Waals surface area contributed by atoms with Gasteiger partial charge >= 0.3 is 0 Å². The van der Waals surface area contributed by atoms with Gasteiger partial charge in [0, 0.05) is 13.0 Å². The summed E-state index contributed by atoms with van der Waals surface area (Å²) in [7, 11) is 0. The number of oxime groups is 1. The van der Waals surface area contributed by atoms with Crippen molar-refractivity contribution in [1.29, 1.82) is 0 Å². The molecule has 0 spiro atoms. The number of amidine groups is 1. The van der Waals surface area contributed by atoms with Crippen LogP contribution in [0.4, 0.5) is 0 Å². The largest absolute Gasteiger partial charge is 0.409 e. The fraction of sp³-hybridized carbons (Fsp3) is 0.909. The fourth-order valence-corrected chi connectivity index (χ4v) is 1.48. The van der Waals surface area contributed by atoms with E-state index in [1.54, 1.807) is 0 Å². The highest BCUT2D eigenvalue weighted by atomic mass is 16.4. The molecular weight excluding hydrogens is 190 g/mol. The minimum atomic E-state index is 0.328. The third-order valence-electron chi connectivity index (χ3n) is 2.75. The second-order valence-electron chi connectivity index (χ2n) is 4.10. The molecule has 0 heterocycles. The first-order valence-corrected chi connectivity index (χ1v) is 5.82. The summed E-state index contributed by atoms with van der Waals surface area (Å²) in [5.74, 6) is 1.07. The molecule has 15 heavy (non-hydrogen) atoms. The Morgan fingerprint density at radius 3 is 2.60 bits per heavy atom. The third kappa shape index (κ3) is 7.19. The predicted molar refractivity (Wildman–Crippen MR) is 64.2 cm³/mol. The molecule has 0 aromatic rings. The molecule has 0 amide bonds. The molecular formula is C11H25N3O. The Hall–Kier alpha value is -0.770. The lowest BCUT2D eigenvalue weighted by Gasteiger charge is -2.23. The van der Waals surface area contributed by atoms with Gasteiger partial charge in [0.1, 0.15) is 5.84 Å². The van der Waals surface area contributed by atoms with E-state index in [1.165, 1.54) is 6.42 Å². The topological polar surface area (TPSA) is 61.8 Å². The van der Waals surface area contributed by atoms with Gasteiger partial charge in [-0.2, -0.15) is 0 Å². The molecule has 0 saturated heterocycles.